The second-order valence-electron chi connectivity index (χ2n) is 15.6. The lowest BCUT2D eigenvalue weighted by molar-refractivity contribution is 0.435. The van der Waals surface area contributed by atoms with Crippen molar-refractivity contribution in [2.45, 2.75) is 5.41 Å². The minimum Gasteiger partial charge on any atom is -0.457 e. The first-order chi connectivity index (χ1) is 28.7. The highest BCUT2D eigenvalue weighted by atomic mass is 32.1. The highest BCUT2D eigenvalue weighted by Crippen LogP contribution is 2.61. The summed E-state index contributed by atoms with van der Waals surface area (Å²) in [7, 11) is 0. The molecule has 1 spiro atoms. The average molecular weight is 756 g/mol. The van der Waals surface area contributed by atoms with E-state index in [4.69, 9.17) is 4.74 Å². The molecule has 0 saturated carbocycles. The Kier molecular flexibility index (Phi) is 6.56. The second-order valence-corrected chi connectivity index (χ2v) is 16.6. The van der Waals surface area contributed by atoms with Crippen LogP contribution in [0.15, 0.2) is 200 Å². The van der Waals surface area contributed by atoms with Crippen LogP contribution in [0.4, 0.5) is 17.1 Å². The number of para-hydroxylation sites is 1. The van der Waals surface area contributed by atoms with Crippen LogP contribution >= 0.6 is 11.3 Å². The number of nitrogens with zero attached hydrogens (tertiary/aromatic N) is 1. The summed E-state index contributed by atoms with van der Waals surface area (Å²) in [6.45, 7) is 0. The van der Waals surface area contributed by atoms with Gasteiger partial charge in [0, 0.05) is 54.4 Å². The lowest BCUT2D eigenvalue weighted by Crippen LogP contribution is -2.36. The quantitative estimate of drug-likeness (QED) is 0.178. The molecule has 2 aliphatic rings. The van der Waals surface area contributed by atoms with Gasteiger partial charge in [-0.3, -0.25) is 0 Å². The third-order valence-electron chi connectivity index (χ3n) is 12.7. The van der Waals surface area contributed by atoms with E-state index in [9.17, 15) is 0 Å². The van der Waals surface area contributed by atoms with Crippen molar-refractivity contribution in [2.75, 3.05) is 4.90 Å². The SMILES string of the molecule is c1ccc2c(c1)Oc1cc(N(c3ccc4ccccc4c3)c3ccc4c(c3)sc3c5ccccc5ccc43)ccc1C21c2ccccc2-c2cccc3cccc1c23. The molecule has 0 radical (unpaired) electrons. The topological polar surface area (TPSA) is 12.5 Å². The Morgan fingerprint density at radius 2 is 1.00 bits per heavy atom. The number of rotatable bonds is 3. The maximum Gasteiger partial charge on any atom is 0.134 e. The molecule has 58 heavy (non-hydrogen) atoms. The zero-order valence-electron chi connectivity index (χ0n) is 31.3. The van der Waals surface area contributed by atoms with Crippen LogP contribution in [-0.4, -0.2) is 0 Å². The fraction of sp³-hybridized carbons (Fsp3) is 0.0182. The molecule has 0 saturated heterocycles. The molecular formula is C55H33NOS. The summed E-state index contributed by atoms with van der Waals surface area (Å²) in [5.74, 6) is 1.75. The molecule has 270 valence electrons. The molecule has 1 aromatic heterocycles. The van der Waals surface area contributed by atoms with E-state index in [1.54, 1.807) is 0 Å². The summed E-state index contributed by atoms with van der Waals surface area (Å²) in [4.78, 5) is 2.40. The highest BCUT2D eigenvalue weighted by Gasteiger charge is 2.49. The van der Waals surface area contributed by atoms with Crippen LogP contribution < -0.4 is 9.64 Å². The van der Waals surface area contributed by atoms with Gasteiger partial charge in [0.2, 0.25) is 0 Å². The molecule has 1 aliphatic heterocycles. The van der Waals surface area contributed by atoms with E-state index in [-0.39, 0.29) is 0 Å². The van der Waals surface area contributed by atoms with E-state index in [1.807, 2.05) is 11.3 Å². The molecule has 0 amide bonds. The van der Waals surface area contributed by atoms with E-state index >= 15 is 0 Å². The fourth-order valence-electron chi connectivity index (χ4n) is 10.2. The van der Waals surface area contributed by atoms with Crippen LogP contribution in [0.2, 0.25) is 0 Å². The van der Waals surface area contributed by atoms with Crippen LogP contribution in [0.25, 0.3) is 63.6 Å². The summed E-state index contributed by atoms with van der Waals surface area (Å²) >= 11 is 1.88. The number of fused-ring (bicyclic) bond motifs is 14. The molecule has 1 unspecified atom stereocenters. The van der Waals surface area contributed by atoms with Gasteiger partial charge < -0.3 is 9.64 Å². The summed E-state index contributed by atoms with van der Waals surface area (Å²) < 4.78 is 9.66. The lowest BCUT2D eigenvalue weighted by Gasteiger charge is -2.45. The normalized spacial score (nSPS) is 15.1. The molecule has 13 rings (SSSR count). The first-order valence-electron chi connectivity index (χ1n) is 19.9. The minimum absolute atomic E-state index is 0.584. The number of thiophene rings is 1. The number of anilines is 3. The number of hydrogen-bond donors (Lipinski definition) is 0. The third kappa shape index (κ3) is 4.31. The Labute approximate surface area is 339 Å². The van der Waals surface area contributed by atoms with Gasteiger partial charge in [0.25, 0.3) is 0 Å². The monoisotopic (exact) mass is 755 g/mol. The average Bonchev–Trinajstić information content (AvgIpc) is 3.66. The van der Waals surface area contributed by atoms with Gasteiger partial charge in [-0.2, -0.15) is 0 Å². The molecule has 0 N–H and O–H groups in total. The van der Waals surface area contributed by atoms with Crippen molar-refractivity contribution >= 4 is 80.9 Å². The first kappa shape index (κ1) is 31.9. The number of hydrogen-bond acceptors (Lipinski definition) is 3. The Hall–Kier alpha value is -7.20. The number of benzene rings is 10. The fourth-order valence-corrected chi connectivity index (χ4v) is 11.5. The molecule has 0 bridgehead atoms. The predicted molar refractivity (Wildman–Crippen MR) is 244 cm³/mol. The molecule has 2 nitrogen and oxygen atoms in total. The van der Waals surface area contributed by atoms with Gasteiger partial charge in [-0.15, -0.1) is 11.3 Å². The molecule has 1 atom stereocenters. The van der Waals surface area contributed by atoms with E-state index in [1.165, 1.54) is 80.3 Å². The third-order valence-corrected chi connectivity index (χ3v) is 13.9. The smallest absolute Gasteiger partial charge is 0.134 e. The lowest BCUT2D eigenvalue weighted by atomic mass is 9.58. The molecule has 10 aromatic carbocycles. The van der Waals surface area contributed by atoms with Gasteiger partial charge in [0.15, 0.2) is 0 Å². The van der Waals surface area contributed by atoms with Crippen LogP contribution in [0.1, 0.15) is 22.3 Å². The molecule has 1 aliphatic carbocycles. The maximum absolute atomic E-state index is 7.06. The van der Waals surface area contributed by atoms with Crippen LogP contribution in [0, 0.1) is 0 Å². The van der Waals surface area contributed by atoms with Crippen molar-refractivity contribution in [1.29, 1.82) is 0 Å². The van der Waals surface area contributed by atoms with Crippen molar-refractivity contribution < 1.29 is 4.74 Å². The molecule has 2 heterocycles. The van der Waals surface area contributed by atoms with Gasteiger partial charge in [-0.1, -0.05) is 158 Å². The Morgan fingerprint density at radius 1 is 0.379 bits per heavy atom. The van der Waals surface area contributed by atoms with Gasteiger partial charge in [0.05, 0.1) is 5.41 Å². The van der Waals surface area contributed by atoms with Gasteiger partial charge in [-0.05, 0) is 91.0 Å². The van der Waals surface area contributed by atoms with E-state index in [2.05, 4.69) is 205 Å². The Bertz CT molecular complexity index is 3520. The summed E-state index contributed by atoms with van der Waals surface area (Å²) in [5, 5.41) is 10.1. The van der Waals surface area contributed by atoms with Crippen molar-refractivity contribution in [1.82, 2.24) is 0 Å². The van der Waals surface area contributed by atoms with Crippen LogP contribution in [0.3, 0.4) is 0 Å². The molecule has 0 fully saturated rings. The number of ether oxygens (including phenoxy) is 1. The van der Waals surface area contributed by atoms with Crippen LogP contribution in [-0.2, 0) is 5.41 Å². The van der Waals surface area contributed by atoms with Crippen molar-refractivity contribution in [3.63, 3.8) is 0 Å². The first-order valence-corrected chi connectivity index (χ1v) is 20.7. The Balaban J connectivity index is 1.07. The van der Waals surface area contributed by atoms with Gasteiger partial charge in [-0.25, -0.2) is 0 Å². The van der Waals surface area contributed by atoms with Gasteiger partial charge in [0.1, 0.15) is 11.5 Å². The maximum atomic E-state index is 7.06. The summed E-state index contributed by atoms with van der Waals surface area (Å²) in [6, 6.07) is 73.7. The molecular weight excluding hydrogens is 723 g/mol. The predicted octanol–water partition coefficient (Wildman–Crippen LogP) is 15.5. The second kappa shape index (κ2) is 11.9. The summed E-state index contributed by atoms with van der Waals surface area (Å²) in [5.41, 5.74) is 10.1. The Morgan fingerprint density at radius 3 is 1.93 bits per heavy atom. The van der Waals surface area contributed by atoms with Crippen LogP contribution in [0.5, 0.6) is 11.5 Å². The minimum atomic E-state index is -0.584. The molecule has 3 heteroatoms. The van der Waals surface area contributed by atoms with E-state index in [0.717, 1.165) is 34.1 Å². The van der Waals surface area contributed by atoms with Crippen molar-refractivity contribution in [3.8, 4) is 22.6 Å². The zero-order chi connectivity index (χ0) is 38.0. The van der Waals surface area contributed by atoms with E-state index in [0.29, 0.717) is 0 Å². The van der Waals surface area contributed by atoms with E-state index < -0.39 is 5.41 Å². The van der Waals surface area contributed by atoms with Gasteiger partial charge >= 0.3 is 0 Å². The largest absolute Gasteiger partial charge is 0.457 e. The highest BCUT2D eigenvalue weighted by molar-refractivity contribution is 7.26. The summed E-state index contributed by atoms with van der Waals surface area (Å²) in [6.07, 6.45) is 0. The molecule has 11 aromatic rings. The standard InChI is InChI=1S/C55H33NOS/c1-2-13-37-31-38(25-23-34(37)11-1)56(40-26-29-43-45-28-24-35-12-3-4-16-41(35)54(45)58-52(43)33-40)39-27-30-48-51(32-39)57-50-22-8-7-20-47(50)55(48)46-19-6-5-17-42(46)44-18-9-14-36-15-10-21-49(55)53(36)44/h1-33H. The van der Waals surface area contributed by atoms with Crippen molar-refractivity contribution in [2.24, 2.45) is 0 Å². The zero-order valence-corrected chi connectivity index (χ0v) is 32.1. The van der Waals surface area contributed by atoms with Crippen molar-refractivity contribution in [3.05, 3.63) is 222 Å².